The SMILES string of the molecule is CC[C@H]1CCC[C@H](O[C@H]2CC[C@H](N(C)C)[C@@H](C)O2)[C@@H](C)C(=O)C2=C[C@@H]3[C@@H](C=C(C)[C@@H]4C[C@@H](O[C@@H]5O[C@@H](C)[C@H](OC)[C@@H](OC)[C@H]5OC(=S)SC)C[C@@H]34)[C@@H]2CC(=O)O1. The first kappa shape index (κ1) is 44.1. The third kappa shape index (κ3) is 9.46. The van der Waals surface area contributed by atoms with Gasteiger partial charge in [-0.15, -0.1) is 0 Å². The zero-order valence-electron chi connectivity index (χ0n) is 35.2. The Labute approximate surface area is 344 Å². The number of allylic oxidation sites excluding steroid dienone is 4. The van der Waals surface area contributed by atoms with E-state index in [4.69, 9.17) is 50.1 Å². The maximum absolute atomic E-state index is 14.8. The highest BCUT2D eigenvalue weighted by atomic mass is 32.2. The van der Waals surface area contributed by atoms with Crippen molar-refractivity contribution >= 4 is 40.1 Å². The van der Waals surface area contributed by atoms with Crippen molar-refractivity contribution in [2.24, 2.45) is 35.5 Å². The molecule has 0 N–H and O–H groups in total. The lowest BCUT2D eigenvalue weighted by Gasteiger charge is -2.44. The number of hydrogen-bond acceptors (Lipinski definition) is 13. The van der Waals surface area contributed by atoms with Gasteiger partial charge in [0.25, 0.3) is 0 Å². The molecule has 6 aliphatic rings. The first-order valence-corrected chi connectivity index (χ1v) is 22.6. The second-order valence-electron chi connectivity index (χ2n) is 17.3. The number of nitrogens with zero attached hydrogens (tertiary/aromatic N) is 1. The lowest BCUT2D eigenvalue weighted by Crippen LogP contribution is -2.60. The topological polar surface area (TPSA) is 111 Å². The maximum atomic E-state index is 14.8. The molecule has 0 unspecified atom stereocenters. The van der Waals surface area contributed by atoms with Crippen LogP contribution in [0.25, 0.3) is 0 Å². The molecule has 1 saturated carbocycles. The second-order valence-corrected chi connectivity index (χ2v) is 18.7. The van der Waals surface area contributed by atoms with Gasteiger partial charge in [-0.25, -0.2) is 0 Å². The standard InChI is InChI=1S/C43H67NO10S2/c1-11-26-13-12-14-35(53-37-16-15-34(44(6)7)24(4)49-37)23(3)38(46)33-20-31-29(32(33)21-36(45)51-26)17-22(2)28-18-27(19-30(28)31)52-42-41(54-43(55)56-10)40(48-9)39(47-8)25(5)50-42/h17,20,23-32,34-35,37,39-42H,11-16,18-19,21H2,1-10H3/t23-,24-,25+,26+,27-,28+,29-,30-,31-,32+,34+,35+,37+,39+,40-,41-,42+/m1/s1. The van der Waals surface area contributed by atoms with Crippen LogP contribution in [0.15, 0.2) is 23.3 Å². The van der Waals surface area contributed by atoms with Gasteiger partial charge >= 0.3 is 5.97 Å². The molecule has 3 aliphatic carbocycles. The molecule has 0 bridgehead atoms. The van der Waals surface area contributed by atoms with Gasteiger partial charge in [-0.05, 0) is 134 Å². The number of hydrogen-bond donors (Lipinski definition) is 0. The van der Waals surface area contributed by atoms with Crippen molar-refractivity contribution in [1.82, 2.24) is 4.90 Å². The quantitative estimate of drug-likeness (QED) is 0.137. The second kappa shape index (κ2) is 19.3. The van der Waals surface area contributed by atoms with E-state index in [0.717, 1.165) is 50.5 Å². The zero-order valence-corrected chi connectivity index (χ0v) is 36.8. The summed E-state index contributed by atoms with van der Waals surface area (Å²) in [5.41, 5.74) is 2.04. The summed E-state index contributed by atoms with van der Waals surface area (Å²) in [6.07, 6.45) is 9.66. The van der Waals surface area contributed by atoms with Gasteiger partial charge in [0.15, 0.2) is 24.5 Å². The van der Waals surface area contributed by atoms with E-state index in [9.17, 15) is 9.59 Å². The molecule has 0 amide bonds. The molecule has 17 atom stereocenters. The summed E-state index contributed by atoms with van der Waals surface area (Å²) in [7, 11) is 7.47. The summed E-state index contributed by atoms with van der Waals surface area (Å²) >= 11 is 6.83. The summed E-state index contributed by atoms with van der Waals surface area (Å²) in [5, 5.41) is 0. The number of carbonyl (C=O) groups excluding carboxylic acids is 2. The number of rotatable bonds is 9. The van der Waals surface area contributed by atoms with Crippen LogP contribution in [-0.4, -0.2) is 123 Å². The number of ether oxygens (including phenoxy) is 8. The first-order chi connectivity index (χ1) is 26.8. The monoisotopic (exact) mass is 821 g/mol. The Balaban J connectivity index is 1.24. The van der Waals surface area contributed by atoms with Gasteiger partial charge in [0.1, 0.15) is 18.3 Å². The maximum Gasteiger partial charge on any atom is 0.306 e. The van der Waals surface area contributed by atoms with Crippen LogP contribution in [-0.2, 0) is 47.5 Å². The Morgan fingerprint density at radius 2 is 1.66 bits per heavy atom. The summed E-state index contributed by atoms with van der Waals surface area (Å²) in [6, 6.07) is 0.330. The van der Waals surface area contributed by atoms with Crippen molar-refractivity contribution in [1.29, 1.82) is 0 Å². The normalized spacial score (nSPS) is 43.4. The average molecular weight is 822 g/mol. The number of likely N-dealkylation sites (N-methyl/N-ethyl adjacent to an activating group) is 1. The number of carbonyl (C=O) groups is 2. The Morgan fingerprint density at radius 1 is 0.911 bits per heavy atom. The largest absolute Gasteiger partial charge is 0.467 e. The van der Waals surface area contributed by atoms with Gasteiger partial charge in [-0.3, -0.25) is 9.59 Å². The van der Waals surface area contributed by atoms with Gasteiger partial charge in [-0.1, -0.05) is 43.3 Å². The minimum Gasteiger partial charge on any atom is -0.467 e. The Hall–Kier alpha value is -1.42. The van der Waals surface area contributed by atoms with Crippen molar-refractivity contribution in [2.45, 2.75) is 160 Å². The van der Waals surface area contributed by atoms with Crippen LogP contribution in [0.4, 0.5) is 0 Å². The molecule has 3 saturated heterocycles. The average Bonchev–Trinajstić information content (AvgIpc) is 3.75. The number of methoxy groups -OCH3 is 2. The summed E-state index contributed by atoms with van der Waals surface area (Å²) in [6.45, 7) is 10.3. The van der Waals surface area contributed by atoms with E-state index in [-0.39, 0.29) is 96.6 Å². The van der Waals surface area contributed by atoms with E-state index in [1.54, 1.807) is 14.2 Å². The molecule has 6 rings (SSSR count). The number of thioether (sulfide) groups is 1. The molecule has 3 aliphatic heterocycles. The highest BCUT2D eigenvalue weighted by Crippen LogP contribution is 2.56. The molecule has 0 spiro atoms. The number of cyclic esters (lactones) is 1. The van der Waals surface area contributed by atoms with Gasteiger partial charge in [-0.2, -0.15) is 0 Å². The lowest BCUT2D eigenvalue weighted by molar-refractivity contribution is -0.306. The van der Waals surface area contributed by atoms with E-state index in [1.807, 2.05) is 20.1 Å². The van der Waals surface area contributed by atoms with Crippen molar-refractivity contribution in [3.8, 4) is 0 Å². The fraction of sp³-hybridized carbons (Fsp3) is 0.837. The van der Waals surface area contributed by atoms with Crippen LogP contribution in [0.1, 0.15) is 92.4 Å². The van der Waals surface area contributed by atoms with Gasteiger partial charge in [0.05, 0.1) is 30.8 Å². The molecular formula is C43H67NO10S2. The van der Waals surface area contributed by atoms with E-state index in [0.29, 0.717) is 16.8 Å². The summed E-state index contributed by atoms with van der Waals surface area (Å²) in [4.78, 5) is 30.7. The van der Waals surface area contributed by atoms with Gasteiger partial charge in [0, 0.05) is 32.1 Å². The number of fused-ring (bicyclic) bond motifs is 5. The fourth-order valence-corrected chi connectivity index (χ4v) is 11.1. The van der Waals surface area contributed by atoms with Crippen LogP contribution in [0.3, 0.4) is 0 Å². The van der Waals surface area contributed by atoms with Crippen molar-refractivity contribution in [3.05, 3.63) is 23.3 Å². The smallest absolute Gasteiger partial charge is 0.306 e. The number of thiocarbonyl (C=S) groups is 1. The molecule has 0 radical (unpaired) electrons. The third-order valence-corrected chi connectivity index (χ3v) is 14.8. The van der Waals surface area contributed by atoms with Crippen molar-refractivity contribution in [2.75, 3.05) is 34.6 Å². The van der Waals surface area contributed by atoms with Crippen molar-refractivity contribution < 1.29 is 47.5 Å². The van der Waals surface area contributed by atoms with E-state index in [1.165, 1.54) is 17.3 Å². The lowest BCUT2D eigenvalue weighted by atomic mass is 9.67. The highest BCUT2D eigenvalue weighted by Gasteiger charge is 2.54. The van der Waals surface area contributed by atoms with Crippen LogP contribution in [0.5, 0.6) is 0 Å². The Bertz CT molecular complexity index is 1460. The number of ketones is 1. The molecule has 56 heavy (non-hydrogen) atoms. The molecule has 11 nitrogen and oxygen atoms in total. The molecule has 13 heteroatoms. The molecule has 4 fully saturated rings. The summed E-state index contributed by atoms with van der Waals surface area (Å²) < 4.78 is 50.8. The Kier molecular flexibility index (Phi) is 15.2. The first-order valence-electron chi connectivity index (χ1n) is 21.0. The van der Waals surface area contributed by atoms with Crippen LogP contribution < -0.4 is 0 Å². The number of Topliss-reactive ketones (excluding diaryl/α,β-unsaturated/α-hetero) is 1. The van der Waals surface area contributed by atoms with Gasteiger partial charge in [0.2, 0.25) is 4.38 Å². The van der Waals surface area contributed by atoms with E-state index < -0.39 is 18.5 Å². The molecule has 316 valence electrons. The Morgan fingerprint density at radius 3 is 2.32 bits per heavy atom. The minimum absolute atomic E-state index is 0.0166. The minimum atomic E-state index is -0.709. The zero-order chi connectivity index (χ0) is 40.4. The predicted octanol–water partition coefficient (Wildman–Crippen LogP) is 6.90. The highest BCUT2D eigenvalue weighted by molar-refractivity contribution is 8.22. The molecule has 3 heterocycles. The number of esters is 1. The molecular weight excluding hydrogens is 755 g/mol. The van der Waals surface area contributed by atoms with E-state index in [2.05, 4.69) is 51.9 Å². The third-order valence-electron chi connectivity index (χ3n) is 13.8. The van der Waals surface area contributed by atoms with Crippen LogP contribution in [0.2, 0.25) is 0 Å². The summed E-state index contributed by atoms with van der Waals surface area (Å²) in [5.74, 6) is -0.177. The molecule has 0 aromatic heterocycles. The van der Waals surface area contributed by atoms with Crippen LogP contribution >= 0.6 is 24.0 Å². The predicted molar refractivity (Wildman–Crippen MR) is 219 cm³/mol. The molecule has 0 aromatic carbocycles. The molecule has 0 aromatic rings. The fourth-order valence-electron chi connectivity index (χ4n) is 10.8. The van der Waals surface area contributed by atoms with Crippen molar-refractivity contribution in [3.63, 3.8) is 0 Å². The van der Waals surface area contributed by atoms with E-state index >= 15 is 0 Å². The van der Waals surface area contributed by atoms with Crippen LogP contribution in [0, 0.1) is 35.5 Å². The van der Waals surface area contributed by atoms with Gasteiger partial charge < -0.3 is 42.8 Å².